The molecule has 1 aromatic rings. The zero-order valence-corrected chi connectivity index (χ0v) is 12.5. The van der Waals surface area contributed by atoms with Crippen LogP contribution in [0.3, 0.4) is 0 Å². The molecule has 0 unspecified atom stereocenters. The zero-order valence-electron chi connectivity index (χ0n) is 12.5. The topological polar surface area (TPSA) is 44.8 Å². The lowest BCUT2D eigenvalue weighted by molar-refractivity contribution is -0.124. The molecule has 2 aliphatic rings. The van der Waals surface area contributed by atoms with Gasteiger partial charge in [-0.15, -0.1) is 0 Å². The number of piperazine rings is 1. The molecule has 0 saturated carbocycles. The number of rotatable bonds is 3. The maximum atomic E-state index is 12.1. The van der Waals surface area contributed by atoms with E-state index < -0.39 is 0 Å². The third kappa shape index (κ3) is 3.54. The van der Waals surface area contributed by atoms with Gasteiger partial charge in [-0.2, -0.15) is 0 Å². The third-order valence-corrected chi connectivity index (χ3v) is 4.20. The number of likely N-dealkylation sites (N-methyl/N-ethyl adjacent to an activating group) is 1. The molecule has 5 nitrogen and oxygen atoms in total. The molecule has 2 heterocycles. The predicted molar refractivity (Wildman–Crippen MR) is 83.8 cm³/mol. The van der Waals surface area contributed by atoms with Crippen molar-refractivity contribution in [3.05, 3.63) is 24.3 Å². The van der Waals surface area contributed by atoms with Gasteiger partial charge < -0.3 is 19.9 Å². The van der Waals surface area contributed by atoms with Crippen LogP contribution in [0.2, 0.25) is 0 Å². The molecule has 0 aliphatic carbocycles. The summed E-state index contributed by atoms with van der Waals surface area (Å²) >= 11 is 0. The van der Waals surface area contributed by atoms with Gasteiger partial charge in [-0.3, -0.25) is 4.79 Å². The molecule has 0 aromatic heterocycles. The third-order valence-electron chi connectivity index (χ3n) is 4.20. The van der Waals surface area contributed by atoms with Gasteiger partial charge in [0.1, 0.15) is 6.10 Å². The Morgan fingerprint density at radius 1 is 1.29 bits per heavy atom. The van der Waals surface area contributed by atoms with Crippen LogP contribution in [0.4, 0.5) is 11.4 Å². The average molecular weight is 289 g/mol. The molecule has 1 N–H and O–H groups in total. The van der Waals surface area contributed by atoms with E-state index in [1.165, 1.54) is 5.69 Å². The van der Waals surface area contributed by atoms with Gasteiger partial charge in [0.05, 0.1) is 0 Å². The molecule has 114 valence electrons. The summed E-state index contributed by atoms with van der Waals surface area (Å²) in [7, 11) is 2.15. The smallest absolute Gasteiger partial charge is 0.253 e. The summed E-state index contributed by atoms with van der Waals surface area (Å²) in [6, 6.07) is 8.09. The van der Waals surface area contributed by atoms with E-state index in [0.717, 1.165) is 44.7 Å². The fraction of sp³-hybridized carbons (Fsp3) is 0.562. The van der Waals surface area contributed by atoms with E-state index in [9.17, 15) is 4.79 Å². The number of hydrogen-bond donors (Lipinski definition) is 1. The van der Waals surface area contributed by atoms with Crippen LogP contribution >= 0.6 is 0 Å². The van der Waals surface area contributed by atoms with Crippen molar-refractivity contribution in [2.45, 2.75) is 18.9 Å². The van der Waals surface area contributed by atoms with Crippen molar-refractivity contribution in [3.63, 3.8) is 0 Å². The minimum absolute atomic E-state index is 0.0250. The average Bonchev–Trinajstić information content (AvgIpc) is 3.02. The number of nitrogens with one attached hydrogen (secondary N) is 1. The molecule has 1 aromatic carbocycles. The molecule has 1 amide bonds. The standard InChI is InChI=1S/C16H23N3O2/c1-18-7-9-19(10-8-18)14-5-2-4-13(12-14)17-16(20)15-6-3-11-21-15/h2,4-5,12,15H,3,6-11H2,1H3,(H,17,20)/t15-/m0/s1. The second kappa shape index (κ2) is 6.45. The Morgan fingerprint density at radius 2 is 2.10 bits per heavy atom. The van der Waals surface area contributed by atoms with Gasteiger partial charge >= 0.3 is 0 Å². The number of benzene rings is 1. The van der Waals surface area contributed by atoms with Crippen molar-refractivity contribution in [2.24, 2.45) is 0 Å². The highest BCUT2D eigenvalue weighted by Gasteiger charge is 2.23. The van der Waals surface area contributed by atoms with Crippen LogP contribution in [0.5, 0.6) is 0 Å². The first-order valence-corrected chi connectivity index (χ1v) is 7.68. The van der Waals surface area contributed by atoms with Gasteiger partial charge in [0.2, 0.25) is 0 Å². The summed E-state index contributed by atoms with van der Waals surface area (Å²) in [4.78, 5) is 16.8. The number of amides is 1. The fourth-order valence-corrected chi connectivity index (χ4v) is 2.85. The second-order valence-corrected chi connectivity index (χ2v) is 5.83. The van der Waals surface area contributed by atoms with Gasteiger partial charge in [-0.1, -0.05) is 6.07 Å². The van der Waals surface area contributed by atoms with Gasteiger partial charge in [-0.05, 0) is 38.1 Å². The quantitative estimate of drug-likeness (QED) is 0.917. The maximum Gasteiger partial charge on any atom is 0.253 e. The first kappa shape index (κ1) is 14.4. The van der Waals surface area contributed by atoms with Gasteiger partial charge in [0.15, 0.2) is 0 Å². The Bertz CT molecular complexity index is 492. The minimum Gasteiger partial charge on any atom is -0.369 e. The molecular weight excluding hydrogens is 266 g/mol. The lowest BCUT2D eigenvalue weighted by Gasteiger charge is -2.34. The summed E-state index contributed by atoms with van der Waals surface area (Å²) in [5, 5.41) is 2.97. The maximum absolute atomic E-state index is 12.1. The first-order chi connectivity index (χ1) is 10.2. The van der Waals surface area contributed by atoms with Gasteiger partial charge in [0, 0.05) is 44.2 Å². The molecule has 2 fully saturated rings. The second-order valence-electron chi connectivity index (χ2n) is 5.83. The number of ether oxygens (including phenoxy) is 1. The molecule has 3 rings (SSSR count). The Hall–Kier alpha value is -1.59. The first-order valence-electron chi connectivity index (χ1n) is 7.68. The van der Waals surface area contributed by atoms with Crippen molar-refractivity contribution in [3.8, 4) is 0 Å². The molecule has 2 aliphatic heterocycles. The van der Waals surface area contributed by atoms with Crippen LogP contribution in [0.1, 0.15) is 12.8 Å². The summed E-state index contributed by atoms with van der Waals surface area (Å²) < 4.78 is 5.42. The number of carbonyl (C=O) groups excluding carboxylic acids is 1. The molecule has 1 atom stereocenters. The minimum atomic E-state index is -0.280. The van der Waals surface area contributed by atoms with Crippen LogP contribution in [0.15, 0.2) is 24.3 Å². The number of carbonyl (C=O) groups is 1. The van der Waals surface area contributed by atoms with E-state index >= 15 is 0 Å². The Morgan fingerprint density at radius 3 is 2.81 bits per heavy atom. The van der Waals surface area contributed by atoms with E-state index in [1.54, 1.807) is 0 Å². The van der Waals surface area contributed by atoms with Crippen molar-refractivity contribution in [1.29, 1.82) is 0 Å². The van der Waals surface area contributed by atoms with Crippen molar-refractivity contribution >= 4 is 17.3 Å². The Balaban J connectivity index is 1.64. The van der Waals surface area contributed by atoms with Crippen molar-refractivity contribution in [1.82, 2.24) is 4.90 Å². The van der Waals surface area contributed by atoms with E-state index in [0.29, 0.717) is 6.61 Å². The van der Waals surface area contributed by atoms with E-state index in [-0.39, 0.29) is 12.0 Å². The molecule has 5 heteroatoms. The summed E-state index contributed by atoms with van der Waals surface area (Å²) in [6.07, 6.45) is 1.51. The molecule has 2 saturated heterocycles. The molecular formula is C16H23N3O2. The number of nitrogens with zero attached hydrogens (tertiary/aromatic N) is 2. The van der Waals surface area contributed by atoms with Crippen LogP contribution in [0.25, 0.3) is 0 Å². The van der Waals surface area contributed by atoms with E-state index in [2.05, 4.69) is 34.3 Å². The van der Waals surface area contributed by atoms with Crippen LogP contribution in [0, 0.1) is 0 Å². The van der Waals surface area contributed by atoms with Gasteiger partial charge in [-0.25, -0.2) is 0 Å². The number of hydrogen-bond acceptors (Lipinski definition) is 4. The van der Waals surface area contributed by atoms with Crippen molar-refractivity contribution < 1.29 is 9.53 Å². The highest BCUT2D eigenvalue weighted by Crippen LogP contribution is 2.22. The van der Waals surface area contributed by atoms with E-state index in [1.807, 2.05) is 12.1 Å². The monoisotopic (exact) mass is 289 g/mol. The zero-order chi connectivity index (χ0) is 14.7. The predicted octanol–water partition coefficient (Wildman–Crippen LogP) is 1.56. The van der Waals surface area contributed by atoms with Crippen LogP contribution in [-0.4, -0.2) is 56.7 Å². The molecule has 0 radical (unpaired) electrons. The number of anilines is 2. The van der Waals surface area contributed by atoms with Crippen LogP contribution < -0.4 is 10.2 Å². The lowest BCUT2D eigenvalue weighted by atomic mass is 10.2. The normalized spacial score (nSPS) is 23.3. The summed E-state index contributed by atoms with van der Waals surface area (Å²) in [5.41, 5.74) is 2.03. The van der Waals surface area contributed by atoms with E-state index in [4.69, 9.17) is 4.74 Å². The Labute approximate surface area is 125 Å². The Kier molecular flexibility index (Phi) is 4.41. The molecule has 21 heavy (non-hydrogen) atoms. The fourth-order valence-electron chi connectivity index (χ4n) is 2.85. The molecule has 0 spiro atoms. The molecule has 0 bridgehead atoms. The highest BCUT2D eigenvalue weighted by molar-refractivity contribution is 5.94. The largest absolute Gasteiger partial charge is 0.369 e. The van der Waals surface area contributed by atoms with Crippen LogP contribution in [-0.2, 0) is 9.53 Å². The highest BCUT2D eigenvalue weighted by atomic mass is 16.5. The SMILES string of the molecule is CN1CCN(c2cccc(NC(=O)[C@@H]3CCCO3)c2)CC1. The lowest BCUT2D eigenvalue weighted by Crippen LogP contribution is -2.44. The summed E-state index contributed by atoms with van der Waals surface area (Å²) in [5.74, 6) is -0.0250. The van der Waals surface area contributed by atoms with Crippen molar-refractivity contribution in [2.75, 3.05) is 50.1 Å². The summed E-state index contributed by atoms with van der Waals surface area (Å²) in [6.45, 7) is 4.90. The van der Waals surface area contributed by atoms with Gasteiger partial charge in [0.25, 0.3) is 5.91 Å².